The Hall–Kier alpha value is -2.62. The lowest BCUT2D eigenvalue weighted by Gasteiger charge is -2.41. The van der Waals surface area contributed by atoms with Crippen molar-refractivity contribution in [1.29, 1.82) is 5.26 Å². The Bertz CT molecular complexity index is 1190. The summed E-state index contributed by atoms with van der Waals surface area (Å²) in [5, 5.41) is 20.2. The minimum absolute atomic E-state index is 0. The van der Waals surface area contributed by atoms with Gasteiger partial charge in [0.25, 0.3) is 0 Å². The number of benzene rings is 1. The Morgan fingerprint density at radius 3 is 2.45 bits per heavy atom. The fourth-order valence-corrected chi connectivity index (χ4v) is 5.72. The number of rotatable bonds is 3. The van der Waals surface area contributed by atoms with E-state index in [1.807, 2.05) is 18.2 Å². The largest absolute Gasteiger partial charge is 0.396 e. The first-order valence-electron chi connectivity index (χ1n) is 11.8. The van der Waals surface area contributed by atoms with Gasteiger partial charge in [0.2, 0.25) is 0 Å². The monoisotopic (exact) mass is 447 g/mol. The van der Waals surface area contributed by atoms with Crippen molar-refractivity contribution in [1.82, 2.24) is 14.3 Å². The normalized spacial score (nSPS) is 19.5. The van der Waals surface area contributed by atoms with Crippen molar-refractivity contribution in [3.63, 3.8) is 0 Å². The molecule has 176 valence electrons. The fourth-order valence-electron chi connectivity index (χ4n) is 5.72. The lowest BCUT2D eigenvalue weighted by molar-refractivity contribution is 0.114. The summed E-state index contributed by atoms with van der Waals surface area (Å²) >= 11 is 0. The highest BCUT2D eigenvalue weighted by molar-refractivity contribution is 5.86. The van der Waals surface area contributed by atoms with Crippen LogP contribution in [0.25, 0.3) is 16.7 Å². The predicted octanol–water partition coefficient (Wildman–Crippen LogP) is 4.71. The van der Waals surface area contributed by atoms with E-state index in [1.54, 1.807) is 0 Å². The highest BCUT2D eigenvalue weighted by Crippen LogP contribution is 2.41. The van der Waals surface area contributed by atoms with Gasteiger partial charge in [-0.2, -0.15) is 5.26 Å². The summed E-state index contributed by atoms with van der Waals surface area (Å²) in [6.45, 7) is 8.54. The lowest BCUT2D eigenvalue weighted by atomic mass is 9.80. The third kappa shape index (κ3) is 3.88. The number of imidazole rings is 1. The van der Waals surface area contributed by atoms with Gasteiger partial charge in [0, 0.05) is 19.7 Å². The molecule has 3 aromatic rings. The predicted molar refractivity (Wildman–Crippen MR) is 135 cm³/mol. The second-order valence-electron chi connectivity index (χ2n) is 10.1. The zero-order valence-corrected chi connectivity index (χ0v) is 19.4. The Morgan fingerprint density at radius 2 is 1.82 bits per heavy atom. The van der Waals surface area contributed by atoms with Crippen molar-refractivity contribution in [2.24, 2.45) is 5.41 Å². The van der Waals surface area contributed by atoms with Crippen LogP contribution < -0.4 is 4.90 Å². The molecule has 0 aliphatic carbocycles. The van der Waals surface area contributed by atoms with Crippen LogP contribution in [0.5, 0.6) is 0 Å². The van der Waals surface area contributed by atoms with Crippen LogP contribution in [0, 0.1) is 23.7 Å². The molecule has 6 heteroatoms. The molecule has 1 N–H and O–H groups in total. The van der Waals surface area contributed by atoms with Crippen LogP contribution in [0.4, 0.5) is 5.82 Å². The van der Waals surface area contributed by atoms with Crippen LogP contribution in [-0.4, -0.2) is 59.2 Å². The molecule has 2 fully saturated rings. The Morgan fingerprint density at radius 1 is 1.15 bits per heavy atom. The number of aliphatic hydroxyl groups excluding tert-OH is 1. The molecule has 0 bridgehead atoms. The average Bonchev–Trinajstić information content (AvgIpc) is 3.19. The van der Waals surface area contributed by atoms with E-state index in [9.17, 15) is 10.4 Å². The van der Waals surface area contributed by atoms with E-state index in [4.69, 9.17) is 4.98 Å². The van der Waals surface area contributed by atoms with Gasteiger partial charge >= 0.3 is 0 Å². The first kappa shape index (κ1) is 23.5. The van der Waals surface area contributed by atoms with Crippen LogP contribution in [0.2, 0.25) is 0 Å². The maximum Gasteiger partial charge on any atom is 0.157 e. The van der Waals surface area contributed by atoms with E-state index in [-0.39, 0.29) is 19.4 Å². The van der Waals surface area contributed by atoms with Crippen LogP contribution in [0.1, 0.15) is 62.6 Å². The molecule has 1 aromatic carbocycles. The highest BCUT2D eigenvalue weighted by Gasteiger charge is 2.34. The average molecular weight is 448 g/mol. The Labute approximate surface area is 197 Å². The molecule has 5 rings (SSSR count). The van der Waals surface area contributed by atoms with Crippen molar-refractivity contribution in [2.75, 3.05) is 44.7 Å². The molecule has 0 spiro atoms. The number of nitrogens with zero attached hydrogens (tertiary/aromatic N) is 5. The van der Waals surface area contributed by atoms with Crippen molar-refractivity contribution in [3.8, 4) is 6.07 Å². The second-order valence-corrected chi connectivity index (χ2v) is 10.1. The molecule has 2 aliphatic heterocycles. The summed E-state index contributed by atoms with van der Waals surface area (Å²) in [6, 6.07) is 10.8. The summed E-state index contributed by atoms with van der Waals surface area (Å²) in [5.74, 6) is 1.57. The number of piperidine rings is 2. The molecule has 2 aromatic heterocycles. The molecule has 0 atom stereocenters. The number of pyridine rings is 1. The molecule has 0 radical (unpaired) electrons. The molecular weight excluding hydrogens is 410 g/mol. The van der Waals surface area contributed by atoms with Gasteiger partial charge in [0.1, 0.15) is 11.9 Å². The van der Waals surface area contributed by atoms with E-state index in [1.165, 1.54) is 16.9 Å². The SMILES string of the molecule is C.Cc1c(C2CCN(C)CC2)c(C#N)c2nc3ccccc3n2c1N1CCC(C)(CO)CC1. The highest BCUT2D eigenvalue weighted by atomic mass is 16.3. The molecule has 0 saturated carbocycles. The third-order valence-electron chi connectivity index (χ3n) is 7.90. The summed E-state index contributed by atoms with van der Waals surface area (Å²) < 4.78 is 2.23. The molecule has 0 unspecified atom stereocenters. The minimum atomic E-state index is -0.0100. The summed E-state index contributed by atoms with van der Waals surface area (Å²) in [5.41, 5.74) is 5.94. The van der Waals surface area contributed by atoms with E-state index in [0.29, 0.717) is 5.92 Å². The molecule has 0 amide bonds. The molecular formula is C27H37N5O. The van der Waals surface area contributed by atoms with Gasteiger partial charge in [-0.3, -0.25) is 4.40 Å². The topological polar surface area (TPSA) is 67.8 Å². The molecule has 4 heterocycles. The van der Waals surface area contributed by atoms with Gasteiger partial charge in [-0.25, -0.2) is 4.98 Å². The van der Waals surface area contributed by atoms with Gasteiger partial charge in [-0.15, -0.1) is 0 Å². The maximum absolute atomic E-state index is 10.3. The number of anilines is 1. The lowest BCUT2D eigenvalue weighted by Crippen LogP contribution is -2.41. The summed E-state index contributed by atoms with van der Waals surface area (Å²) in [6.07, 6.45) is 4.07. The fraction of sp³-hybridized carbons (Fsp3) is 0.556. The van der Waals surface area contributed by atoms with E-state index in [0.717, 1.165) is 74.1 Å². The Balaban J connectivity index is 0.00000259. The number of aliphatic hydroxyl groups is 1. The van der Waals surface area contributed by atoms with E-state index in [2.05, 4.69) is 47.2 Å². The van der Waals surface area contributed by atoms with Crippen LogP contribution in [0.3, 0.4) is 0 Å². The van der Waals surface area contributed by atoms with Crippen LogP contribution in [0.15, 0.2) is 24.3 Å². The van der Waals surface area contributed by atoms with E-state index < -0.39 is 0 Å². The number of nitriles is 1. The van der Waals surface area contributed by atoms with Gasteiger partial charge < -0.3 is 14.9 Å². The van der Waals surface area contributed by atoms with Crippen molar-refractivity contribution in [3.05, 3.63) is 41.0 Å². The third-order valence-corrected chi connectivity index (χ3v) is 7.90. The quantitative estimate of drug-likeness (QED) is 0.630. The Kier molecular flexibility index (Phi) is 6.39. The standard InChI is InChI=1S/C26H33N5O.CH4/c1-18-23(19-8-12-29(3)13-9-19)20(16-27)24-28-21-6-4-5-7-22(21)31(24)25(18)30-14-10-26(2,17-32)11-15-30;/h4-7,19,32H,8-15,17H2,1-3H3;1H4. The summed E-state index contributed by atoms with van der Waals surface area (Å²) in [4.78, 5) is 9.80. The van der Waals surface area contributed by atoms with Crippen molar-refractivity contribution < 1.29 is 5.11 Å². The van der Waals surface area contributed by atoms with Gasteiger partial charge in [-0.05, 0) is 87.3 Å². The van der Waals surface area contributed by atoms with Crippen molar-refractivity contribution >= 4 is 22.5 Å². The number of para-hydroxylation sites is 2. The maximum atomic E-state index is 10.3. The first-order chi connectivity index (χ1) is 15.5. The first-order valence-corrected chi connectivity index (χ1v) is 11.8. The molecule has 2 saturated heterocycles. The van der Waals surface area contributed by atoms with Gasteiger partial charge in [0.05, 0.1) is 16.6 Å². The van der Waals surface area contributed by atoms with Crippen LogP contribution in [-0.2, 0) is 0 Å². The van der Waals surface area contributed by atoms with E-state index >= 15 is 0 Å². The smallest absolute Gasteiger partial charge is 0.157 e. The number of fused-ring (bicyclic) bond motifs is 3. The van der Waals surface area contributed by atoms with Gasteiger partial charge in [-0.1, -0.05) is 26.5 Å². The molecule has 6 nitrogen and oxygen atoms in total. The number of aromatic nitrogens is 2. The summed E-state index contributed by atoms with van der Waals surface area (Å²) in [7, 11) is 2.18. The van der Waals surface area contributed by atoms with Crippen LogP contribution >= 0.6 is 0 Å². The zero-order valence-electron chi connectivity index (χ0n) is 19.4. The number of hydrogen-bond donors (Lipinski definition) is 1. The zero-order chi connectivity index (χ0) is 22.5. The van der Waals surface area contributed by atoms with Gasteiger partial charge in [0.15, 0.2) is 5.65 Å². The van der Waals surface area contributed by atoms with Crippen molar-refractivity contribution in [2.45, 2.75) is 52.9 Å². The number of likely N-dealkylation sites (tertiary alicyclic amines) is 1. The minimum Gasteiger partial charge on any atom is -0.396 e. The number of hydrogen-bond acceptors (Lipinski definition) is 5. The molecule has 2 aliphatic rings. The molecule has 33 heavy (non-hydrogen) atoms. The second kappa shape index (κ2) is 8.96.